The van der Waals surface area contributed by atoms with Gasteiger partial charge in [-0.2, -0.15) is 0 Å². The topological polar surface area (TPSA) is 50.7 Å². The molecule has 6 heteroatoms. The molecule has 0 aromatic heterocycles. The highest BCUT2D eigenvalue weighted by Crippen LogP contribution is 2.23. The number of aliphatic hydroxyl groups is 1. The van der Waals surface area contributed by atoms with E-state index in [1.807, 2.05) is 13.8 Å². The van der Waals surface area contributed by atoms with Crippen molar-refractivity contribution < 1.29 is 23.4 Å². The van der Waals surface area contributed by atoms with E-state index in [4.69, 9.17) is 9.47 Å². The molecule has 1 unspecified atom stereocenters. The van der Waals surface area contributed by atoms with E-state index in [1.54, 1.807) is 6.92 Å². The molecule has 4 nitrogen and oxygen atoms in total. The molecule has 1 atom stereocenters. The Balaban J connectivity index is 2.62. The molecular weight excluding hydrogens is 280 g/mol. The molecule has 0 saturated carbocycles. The Morgan fingerprint density at radius 3 is 2.33 bits per heavy atom. The van der Waals surface area contributed by atoms with Crippen molar-refractivity contribution in [2.75, 3.05) is 19.8 Å². The summed E-state index contributed by atoms with van der Waals surface area (Å²) in [6, 6.07) is 2.67. The van der Waals surface area contributed by atoms with Crippen LogP contribution in [0, 0.1) is 11.6 Å². The van der Waals surface area contributed by atoms with Crippen LogP contribution in [0.5, 0.6) is 5.75 Å². The van der Waals surface area contributed by atoms with Crippen LogP contribution in [0.1, 0.15) is 26.3 Å². The van der Waals surface area contributed by atoms with Crippen LogP contribution in [0.3, 0.4) is 0 Å². The van der Waals surface area contributed by atoms with Gasteiger partial charge in [0.15, 0.2) is 17.4 Å². The van der Waals surface area contributed by atoms with Gasteiger partial charge < -0.3 is 19.9 Å². The predicted octanol–water partition coefficient (Wildman–Crippen LogP) is 2.24. The van der Waals surface area contributed by atoms with Gasteiger partial charge in [-0.1, -0.05) is 13.8 Å². The molecule has 0 bridgehead atoms. The largest absolute Gasteiger partial charge is 0.485 e. The van der Waals surface area contributed by atoms with Crippen LogP contribution < -0.4 is 10.1 Å². The van der Waals surface area contributed by atoms with Gasteiger partial charge in [-0.3, -0.25) is 0 Å². The molecule has 0 heterocycles. The third kappa shape index (κ3) is 6.37. The summed E-state index contributed by atoms with van der Waals surface area (Å²) in [4.78, 5) is 0. The summed E-state index contributed by atoms with van der Waals surface area (Å²) in [5, 5.41) is 12.6. The maximum absolute atomic E-state index is 13.8. The van der Waals surface area contributed by atoms with Crippen LogP contribution >= 0.6 is 0 Å². The molecule has 0 spiro atoms. The Labute approximate surface area is 124 Å². The molecule has 0 amide bonds. The molecule has 0 saturated heterocycles. The maximum Gasteiger partial charge on any atom is 0.190 e. The van der Waals surface area contributed by atoms with Crippen LogP contribution in [-0.4, -0.2) is 37.1 Å². The summed E-state index contributed by atoms with van der Waals surface area (Å²) >= 11 is 0. The molecule has 0 aliphatic rings. The molecule has 1 aromatic carbocycles. The lowest BCUT2D eigenvalue weighted by Crippen LogP contribution is -2.24. The van der Waals surface area contributed by atoms with Gasteiger partial charge in [-0.25, -0.2) is 8.78 Å². The lowest BCUT2D eigenvalue weighted by Gasteiger charge is -2.14. The zero-order valence-corrected chi connectivity index (χ0v) is 12.7. The lowest BCUT2D eigenvalue weighted by molar-refractivity contribution is 0.0148. The standard InChI is InChI=1S/C15H23F2NO3/c1-4-20-8-12(19)9-21-15-13(16)5-11(6-14(15)17)7-18-10(2)3/h5-6,10,12,18-19H,4,7-9H2,1-3H3. The Hall–Kier alpha value is -1.24. The minimum atomic E-state index is -0.925. The van der Waals surface area contributed by atoms with E-state index in [2.05, 4.69) is 5.32 Å². The van der Waals surface area contributed by atoms with Gasteiger partial charge in [0, 0.05) is 19.2 Å². The highest BCUT2D eigenvalue weighted by Gasteiger charge is 2.15. The minimum Gasteiger partial charge on any atom is -0.485 e. The molecule has 0 fully saturated rings. The predicted molar refractivity (Wildman–Crippen MR) is 76.3 cm³/mol. The number of aliphatic hydroxyl groups excluding tert-OH is 1. The van der Waals surface area contributed by atoms with Gasteiger partial charge in [0.1, 0.15) is 12.7 Å². The van der Waals surface area contributed by atoms with E-state index in [9.17, 15) is 13.9 Å². The fraction of sp³-hybridized carbons (Fsp3) is 0.600. The molecule has 0 aliphatic carbocycles. The van der Waals surface area contributed by atoms with Crippen molar-refractivity contribution in [3.63, 3.8) is 0 Å². The smallest absolute Gasteiger partial charge is 0.190 e. The molecule has 120 valence electrons. The molecular formula is C15H23F2NO3. The van der Waals surface area contributed by atoms with Gasteiger partial charge in [0.05, 0.1) is 6.61 Å². The van der Waals surface area contributed by atoms with E-state index in [1.165, 1.54) is 12.1 Å². The van der Waals surface area contributed by atoms with E-state index >= 15 is 0 Å². The summed E-state index contributed by atoms with van der Waals surface area (Å²) in [7, 11) is 0. The number of ether oxygens (including phenoxy) is 2. The minimum absolute atomic E-state index is 0.0656. The van der Waals surface area contributed by atoms with Crippen molar-refractivity contribution in [2.24, 2.45) is 0 Å². The molecule has 1 aromatic rings. The normalized spacial score (nSPS) is 12.7. The first-order valence-electron chi connectivity index (χ1n) is 7.04. The van der Waals surface area contributed by atoms with E-state index < -0.39 is 23.5 Å². The molecule has 21 heavy (non-hydrogen) atoms. The Bertz CT molecular complexity index is 418. The SMILES string of the molecule is CCOCC(O)COc1c(F)cc(CNC(C)C)cc1F. The average Bonchev–Trinajstić information content (AvgIpc) is 2.41. The monoisotopic (exact) mass is 303 g/mol. The molecule has 2 N–H and O–H groups in total. The average molecular weight is 303 g/mol. The van der Waals surface area contributed by atoms with E-state index in [-0.39, 0.29) is 19.3 Å². The third-order valence-electron chi connectivity index (χ3n) is 2.71. The van der Waals surface area contributed by atoms with Gasteiger partial charge in [-0.05, 0) is 24.6 Å². The summed E-state index contributed by atoms with van der Waals surface area (Å²) in [5.41, 5.74) is 0.501. The quantitative estimate of drug-likeness (QED) is 0.734. The molecule has 0 aliphatic heterocycles. The van der Waals surface area contributed by atoms with Crippen LogP contribution in [0.2, 0.25) is 0 Å². The number of hydrogen-bond acceptors (Lipinski definition) is 4. The zero-order valence-electron chi connectivity index (χ0n) is 12.7. The second-order valence-electron chi connectivity index (χ2n) is 5.05. The highest BCUT2D eigenvalue weighted by molar-refractivity contribution is 5.31. The summed E-state index contributed by atoms with van der Waals surface area (Å²) in [6.45, 7) is 6.36. The van der Waals surface area contributed by atoms with Crippen LogP contribution in [0.15, 0.2) is 12.1 Å². The summed E-state index contributed by atoms with van der Waals surface area (Å²) in [6.07, 6.45) is -0.925. The van der Waals surface area contributed by atoms with Gasteiger partial charge >= 0.3 is 0 Å². The van der Waals surface area contributed by atoms with E-state index in [0.29, 0.717) is 18.7 Å². The van der Waals surface area contributed by atoms with Gasteiger partial charge in [0.2, 0.25) is 0 Å². The Morgan fingerprint density at radius 2 is 1.81 bits per heavy atom. The van der Waals surface area contributed by atoms with Crippen molar-refractivity contribution in [3.8, 4) is 5.75 Å². The number of rotatable bonds is 9. The number of hydrogen-bond donors (Lipinski definition) is 2. The van der Waals surface area contributed by atoms with Crippen molar-refractivity contribution in [1.29, 1.82) is 0 Å². The van der Waals surface area contributed by atoms with Crippen LogP contribution in [0.25, 0.3) is 0 Å². The van der Waals surface area contributed by atoms with Crippen LogP contribution in [0.4, 0.5) is 8.78 Å². The fourth-order valence-corrected chi connectivity index (χ4v) is 1.66. The third-order valence-corrected chi connectivity index (χ3v) is 2.71. The number of nitrogens with one attached hydrogen (secondary N) is 1. The Kier molecular flexibility index (Phi) is 7.56. The summed E-state index contributed by atoms with van der Waals surface area (Å²) < 4.78 is 37.7. The van der Waals surface area contributed by atoms with Crippen LogP contribution in [-0.2, 0) is 11.3 Å². The zero-order chi connectivity index (χ0) is 15.8. The first-order chi connectivity index (χ1) is 9.93. The second kappa shape index (κ2) is 8.92. The van der Waals surface area contributed by atoms with Gasteiger partial charge in [0.25, 0.3) is 0 Å². The van der Waals surface area contributed by atoms with Crippen molar-refractivity contribution >= 4 is 0 Å². The van der Waals surface area contributed by atoms with Crippen molar-refractivity contribution in [3.05, 3.63) is 29.3 Å². The fourth-order valence-electron chi connectivity index (χ4n) is 1.66. The number of benzene rings is 1. The highest BCUT2D eigenvalue weighted by atomic mass is 19.1. The second-order valence-corrected chi connectivity index (χ2v) is 5.05. The lowest BCUT2D eigenvalue weighted by atomic mass is 10.2. The first kappa shape index (κ1) is 17.8. The summed E-state index contributed by atoms with van der Waals surface area (Å²) in [5.74, 6) is -2.03. The van der Waals surface area contributed by atoms with Crippen molar-refractivity contribution in [2.45, 2.75) is 39.5 Å². The Morgan fingerprint density at radius 1 is 1.19 bits per heavy atom. The maximum atomic E-state index is 13.8. The molecule has 0 radical (unpaired) electrons. The van der Waals surface area contributed by atoms with E-state index in [0.717, 1.165) is 0 Å². The van der Waals surface area contributed by atoms with Crippen molar-refractivity contribution in [1.82, 2.24) is 5.32 Å². The van der Waals surface area contributed by atoms with Gasteiger partial charge in [-0.15, -0.1) is 0 Å². The molecule has 1 rings (SSSR count). The first-order valence-corrected chi connectivity index (χ1v) is 7.04. The number of halogens is 2.